The number of hydrogen-bond donors (Lipinski definition) is 1. The minimum absolute atomic E-state index is 0.281. The molecule has 2 N–H and O–H groups in total. The number of benzene rings is 3. The third-order valence-corrected chi connectivity index (χ3v) is 3.78. The summed E-state index contributed by atoms with van der Waals surface area (Å²) >= 11 is 6.20. The Morgan fingerprint density at radius 2 is 1.65 bits per heavy atom. The summed E-state index contributed by atoms with van der Waals surface area (Å²) in [6, 6.07) is 17.6. The van der Waals surface area contributed by atoms with Gasteiger partial charge in [-0.25, -0.2) is 4.39 Å². The molecule has 20 heavy (non-hydrogen) atoms. The second-order valence-corrected chi connectivity index (χ2v) is 5.12. The van der Waals surface area contributed by atoms with E-state index in [0.29, 0.717) is 5.02 Å². The van der Waals surface area contributed by atoms with Crippen molar-refractivity contribution in [3.63, 3.8) is 0 Å². The molecular weight excluding hydrogens is 273 g/mol. The van der Waals surface area contributed by atoms with Crippen LogP contribution in [0.1, 0.15) is 17.2 Å². The van der Waals surface area contributed by atoms with Gasteiger partial charge in [-0.1, -0.05) is 54.1 Å². The Morgan fingerprint density at radius 3 is 2.40 bits per heavy atom. The molecule has 1 nitrogen and oxygen atoms in total. The Morgan fingerprint density at radius 1 is 0.900 bits per heavy atom. The average Bonchev–Trinajstić information content (AvgIpc) is 2.47. The maximum atomic E-state index is 13.3. The highest BCUT2D eigenvalue weighted by molar-refractivity contribution is 6.35. The molecule has 0 aliphatic rings. The Hall–Kier alpha value is -1.90. The summed E-state index contributed by atoms with van der Waals surface area (Å²) in [5.41, 5.74) is 7.98. The molecule has 3 rings (SSSR count). The number of hydrogen-bond acceptors (Lipinski definition) is 1. The Labute approximate surface area is 121 Å². The van der Waals surface area contributed by atoms with Crippen LogP contribution in [0.5, 0.6) is 0 Å². The zero-order valence-corrected chi connectivity index (χ0v) is 11.4. The fourth-order valence-corrected chi connectivity index (χ4v) is 2.66. The first-order chi connectivity index (χ1) is 9.66. The number of halogens is 2. The first-order valence-corrected chi connectivity index (χ1v) is 6.73. The summed E-state index contributed by atoms with van der Waals surface area (Å²) in [7, 11) is 0. The van der Waals surface area contributed by atoms with Gasteiger partial charge in [0.25, 0.3) is 0 Å². The van der Waals surface area contributed by atoms with Gasteiger partial charge in [0.05, 0.1) is 6.04 Å². The van der Waals surface area contributed by atoms with Crippen molar-refractivity contribution in [3.8, 4) is 0 Å². The van der Waals surface area contributed by atoms with Gasteiger partial charge in [-0.2, -0.15) is 0 Å². The molecule has 0 amide bonds. The van der Waals surface area contributed by atoms with Crippen molar-refractivity contribution in [2.45, 2.75) is 6.04 Å². The minimum atomic E-state index is -0.382. The van der Waals surface area contributed by atoms with E-state index >= 15 is 0 Å². The van der Waals surface area contributed by atoms with Crippen molar-refractivity contribution >= 4 is 22.4 Å². The molecule has 0 radical (unpaired) electrons. The van der Waals surface area contributed by atoms with E-state index in [1.807, 2.05) is 42.5 Å². The van der Waals surface area contributed by atoms with Crippen LogP contribution in [0.15, 0.2) is 60.7 Å². The summed E-state index contributed by atoms with van der Waals surface area (Å²) in [5, 5.41) is 2.64. The van der Waals surface area contributed by atoms with Crippen LogP contribution in [-0.2, 0) is 0 Å². The molecule has 0 aromatic heterocycles. The Balaban J connectivity index is 2.17. The highest BCUT2D eigenvalue weighted by Gasteiger charge is 2.13. The quantitative estimate of drug-likeness (QED) is 0.727. The first-order valence-electron chi connectivity index (χ1n) is 6.35. The van der Waals surface area contributed by atoms with Gasteiger partial charge in [0.1, 0.15) is 5.82 Å². The lowest BCUT2D eigenvalue weighted by molar-refractivity contribution is 0.623. The molecule has 1 unspecified atom stereocenters. The smallest absolute Gasteiger partial charge is 0.123 e. The van der Waals surface area contributed by atoms with Crippen LogP contribution >= 0.6 is 11.6 Å². The normalized spacial score (nSPS) is 12.6. The molecular formula is C17H13ClFN. The number of nitrogens with two attached hydrogens (primary N) is 1. The van der Waals surface area contributed by atoms with Gasteiger partial charge in [0.15, 0.2) is 0 Å². The topological polar surface area (TPSA) is 26.0 Å². The highest BCUT2D eigenvalue weighted by atomic mass is 35.5. The van der Waals surface area contributed by atoms with Crippen LogP contribution in [0, 0.1) is 5.82 Å². The molecule has 0 saturated heterocycles. The van der Waals surface area contributed by atoms with E-state index in [4.69, 9.17) is 17.3 Å². The minimum Gasteiger partial charge on any atom is -0.320 e. The van der Waals surface area contributed by atoms with Crippen molar-refractivity contribution in [3.05, 3.63) is 82.6 Å². The summed E-state index contributed by atoms with van der Waals surface area (Å²) < 4.78 is 13.3. The SMILES string of the molecule is NC(c1cccc(F)c1)c1ccc(Cl)c2ccccc12. The average molecular weight is 286 g/mol. The lowest BCUT2D eigenvalue weighted by Crippen LogP contribution is -2.12. The standard InChI is InChI=1S/C17H13ClFN/c18-16-9-8-15(13-6-1-2-7-14(13)16)17(20)11-4-3-5-12(19)10-11/h1-10,17H,20H2. The van der Waals surface area contributed by atoms with E-state index in [0.717, 1.165) is 21.9 Å². The Kier molecular flexibility index (Phi) is 3.43. The second kappa shape index (κ2) is 5.23. The molecule has 1 atom stereocenters. The van der Waals surface area contributed by atoms with E-state index in [2.05, 4.69) is 0 Å². The summed E-state index contributed by atoms with van der Waals surface area (Å²) in [6.07, 6.45) is 0. The van der Waals surface area contributed by atoms with Crippen LogP contribution in [0.3, 0.4) is 0 Å². The van der Waals surface area contributed by atoms with Crippen LogP contribution in [0.4, 0.5) is 4.39 Å². The van der Waals surface area contributed by atoms with Crippen molar-refractivity contribution < 1.29 is 4.39 Å². The lowest BCUT2D eigenvalue weighted by atomic mass is 9.94. The molecule has 0 aliphatic carbocycles. The fourth-order valence-electron chi connectivity index (χ4n) is 2.44. The highest BCUT2D eigenvalue weighted by Crippen LogP contribution is 2.31. The van der Waals surface area contributed by atoms with Gasteiger partial charge in [-0.15, -0.1) is 0 Å². The van der Waals surface area contributed by atoms with E-state index in [1.54, 1.807) is 6.07 Å². The molecule has 100 valence electrons. The van der Waals surface area contributed by atoms with Gasteiger partial charge in [-0.05, 0) is 34.7 Å². The maximum absolute atomic E-state index is 13.3. The van der Waals surface area contributed by atoms with Crippen molar-refractivity contribution in [1.82, 2.24) is 0 Å². The molecule has 0 fully saturated rings. The molecule has 0 heterocycles. The van der Waals surface area contributed by atoms with Crippen molar-refractivity contribution in [2.75, 3.05) is 0 Å². The van der Waals surface area contributed by atoms with Crippen molar-refractivity contribution in [2.24, 2.45) is 5.73 Å². The molecule has 0 aliphatic heterocycles. The number of rotatable bonds is 2. The van der Waals surface area contributed by atoms with Crippen LogP contribution in [0.25, 0.3) is 10.8 Å². The molecule has 0 saturated carbocycles. The molecule has 0 bridgehead atoms. The van der Waals surface area contributed by atoms with Crippen LogP contribution in [-0.4, -0.2) is 0 Å². The molecule has 3 aromatic carbocycles. The summed E-state index contributed by atoms with van der Waals surface area (Å²) in [5.74, 6) is -0.281. The van der Waals surface area contributed by atoms with Gasteiger partial charge >= 0.3 is 0 Å². The lowest BCUT2D eigenvalue weighted by Gasteiger charge is -2.16. The molecule has 3 heteroatoms. The third-order valence-electron chi connectivity index (χ3n) is 3.45. The van der Waals surface area contributed by atoms with Gasteiger partial charge in [0, 0.05) is 10.4 Å². The molecule has 0 spiro atoms. The monoisotopic (exact) mass is 285 g/mol. The van der Waals surface area contributed by atoms with Crippen LogP contribution in [0.2, 0.25) is 5.02 Å². The predicted octanol–water partition coefficient (Wildman–Crippen LogP) is 4.68. The van der Waals surface area contributed by atoms with E-state index < -0.39 is 0 Å². The van der Waals surface area contributed by atoms with E-state index in [-0.39, 0.29) is 11.9 Å². The van der Waals surface area contributed by atoms with Gasteiger partial charge in [0.2, 0.25) is 0 Å². The Bertz CT molecular complexity index is 770. The first kappa shape index (κ1) is 13.1. The fraction of sp³-hybridized carbons (Fsp3) is 0.0588. The zero-order valence-electron chi connectivity index (χ0n) is 10.7. The van der Waals surface area contributed by atoms with Gasteiger partial charge in [-0.3, -0.25) is 0 Å². The maximum Gasteiger partial charge on any atom is 0.123 e. The van der Waals surface area contributed by atoms with E-state index in [9.17, 15) is 4.39 Å². The zero-order chi connectivity index (χ0) is 14.1. The van der Waals surface area contributed by atoms with Gasteiger partial charge < -0.3 is 5.73 Å². The van der Waals surface area contributed by atoms with E-state index in [1.165, 1.54) is 12.1 Å². The largest absolute Gasteiger partial charge is 0.320 e. The summed E-state index contributed by atoms with van der Waals surface area (Å²) in [6.45, 7) is 0. The predicted molar refractivity (Wildman–Crippen MR) is 81.4 cm³/mol. The molecule has 3 aromatic rings. The van der Waals surface area contributed by atoms with Crippen molar-refractivity contribution in [1.29, 1.82) is 0 Å². The summed E-state index contributed by atoms with van der Waals surface area (Å²) in [4.78, 5) is 0. The third kappa shape index (κ3) is 2.28. The second-order valence-electron chi connectivity index (χ2n) is 4.71. The number of fused-ring (bicyclic) bond motifs is 1. The van der Waals surface area contributed by atoms with Crippen LogP contribution < -0.4 is 5.73 Å².